The predicted octanol–water partition coefficient (Wildman–Crippen LogP) is 0.763. The van der Waals surface area contributed by atoms with Crippen molar-refractivity contribution in [3.05, 3.63) is 23.7 Å². The molecular weight excluding hydrogens is 228 g/mol. The average Bonchev–Trinajstić information content (AvgIpc) is 2.83. The summed E-state index contributed by atoms with van der Waals surface area (Å²) < 4.78 is 19.5. The maximum Gasteiger partial charge on any atom is 0.373 e. The highest BCUT2D eigenvalue weighted by atomic mass is 16.5. The Kier molecular flexibility index (Phi) is 5.68. The van der Waals surface area contributed by atoms with Crippen LogP contribution in [0.25, 0.3) is 0 Å². The minimum Gasteiger partial charge on any atom is -0.463 e. The van der Waals surface area contributed by atoms with Gasteiger partial charge >= 0.3 is 5.97 Å². The molecule has 96 valence electrons. The van der Waals surface area contributed by atoms with Crippen molar-refractivity contribution in [2.75, 3.05) is 34.0 Å². The van der Waals surface area contributed by atoms with E-state index in [1.165, 1.54) is 19.2 Å². The molecule has 0 aliphatic carbocycles. The number of aliphatic hydroxyl groups excluding tert-OH is 1. The molecule has 1 rings (SSSR count). The Morgan fingerprint density at radius 1 is 1.41 bits per heavy atom. The quantitative estimate of drug-likeness (QED) is 0.563. The highest BCUT2D eigenvalue weighted by Gasteiger charge is 2.16. The molecule has 0 saturated heterocycles. The summed E-state index contributed by atoms with van der Waals surface area (Å²) in [5, 5.41) is 9.68. The van der Waals surface area contributed by atoms with Crippen LogP contribution >= 0.6 is 0 Å². The number of ether oxygens (including phenoxy) is 3. The molecular formula is C11H16O6. The fourth-order valence-corrected chi connectivity index (χ4v) is 1.16. The van der Waals surface area contributed by atoms with Gasteiger partial charge in [-0.25, -0.2) is 4.79 Å². The highest BCUT2D eigenvalue weighted by Crippen LogP contribution is 2.17. The Hall–Kier alpha value is -1.37. The Morgan fingerprint density at radius 2 is 2.18 bits per heavy atom. The van der Waals surface area contributed by atoms with E-state index in [-0.39, 0.29) is 18.1 Å². The third-order valence-corrected chi connectivity index (χ3v) is 2.05. The first-order valence-electron chi connectivity index (χ1n) is 5.11. The van der Waals surface area contributed by atoms with Crippen LogP contribution in [0.2, 0.25) is 0 Å². The maximum absolute atomic E-state index is 11.1. The fraction of sp³-hybridized carbons (Fsp3) is 0.545. The highest BCUT2D eigenvalue weighted by molar-refractivity contribution is 5.86. The van der Waals surface area contributed by atoms with E-state index in [1.807, 2.05) is 0 Å². The Morgan fingerprint density at radius 3 is 2.82 bits per heavy atom. The number of rotatable bonds is 7. The third-order valence-electron chi connectivity index (χ3n) is 2.05. The molecule has 1 atom stereocenters. The second-order valence-corrected chi connectivity index (χ2v) is 3.28. The van der Waals surface area contributed by atoms with Gasteiger partial charge in [0.15, 0.2) is 0 Å². The fourth-order valence-electron chi connectivity index (χ4n) is 1.16. The van der Waals surface area contributed by atoms with Gasteiger partial charge in [0.1, 0.15) is 11.9 Å². The number of carbonyl (C=O) groups is 1. The van der Waals surface area contributed by atoms with Crippen molar-refractivity contribution in [3.8, 4) is 0 Å². The van der Waals surface area contributed by atoms with Crippen LogP contribution in [0.1, 0.15) is 22.4 Å². The van der Waals surface area contributed by atoms with Crippen LogP contribution in [0.15, 0.2) is 16.5 Å². The van der Waals surface area contributed by atoms with Gasteiger partial charge in [0.2, 0.25) is 5.76 Å². The van der Waals surface area contributed by atoms with Crippen LogP contribution in [-0.2, 0) is 14.2 Å². The van der Waals surface area contributed by atoms with E-state index in [4.69, 9.17) is 13.9 Å². The van der Waals surface area contributed by atoms with E-state index < -0.39 is 12.1 Å². The van der Waals surface area contributed by atoms with Crippen molar-refractivity contribution in [1.82, 2.24) is 0 Å². The van der Waals surface area contributed by atoms with Crippen molar-refractivity contribution in [3.63, 3.8) is 0 Å². The van der Waals surface area contributed by atoms with E-state index in [1.54, 1.807) is 7.11 Å². The average molecular weight is 244 g/mol. The lowest BCUT2D eigenvalue weighted by molar-refractivity contribution is 0.00395. The summed E-state index contributed by atoms with van der Waals surface area (Å²) in [6.07, 6.45) is -0.912. The smallest absolute Gasteiger partial charge is 0.373 e. The minimum absolute atomic E-state index is 0.0541. The molecule has 6 nitrogen and oxygen atoms in total. The number of aliphatic hydroxyl groups is 1. The lowest BCUT2D eigenvalue weighted by Gasteiger charge is -2.08. The molecule has 0 spiro atoms. The van der Waals surface area contributed by atoms with Crippen LogP contribution in [-0.4, -0.2) is 45.1 Å². The summed E-state index contributed by atoms with van der Waals surface area (Å²) in [7, 11) is 2.82. The Balaban J connectivity index is 2.43. The molecule has 1 heterocycles. The molecule has 1 aromatic rings. The minimum atomic E-state index is -0.912. The number of hydrogen-bond acceptors (Lipinski definition) is 6. The van der Waals surface area contributed by atoms with Crippen molar-refractivity contribution >= 4 is 5.97 Å². The summed E-state index contributed by atoms with van der Waals surface area (Å²) in [5.74, 6) is -0.259. The summed E-state index contributed by atoms with van der Waals surface area (Å²) in [6.45, 7) is 0.925. The monoisotopic (exact) mass is 244 g/mol. The second-order valence-electron chi connectivity index (χ2n) is 3.28. The first-order valence-corrected chi connectivity index (χ1v) is 5.11. The lowest BCUT2D eigenvalue weighted by Crippen LogP contribution is -2.10. The number of methoxy groups -OCH3 is 2. The SMILES string of the molecule is COCCOCC(O)c1ccc(C(=O)OC)o1. The second kappa shape index (κ2) is 7.05. The van der Waals surface area contributed by atoms with Crippen LogP contribution in [0.5, 0.6) is 0 Å². The number of esters is 1. The molecule has 0 radical (unpaired) electrons. The Labute approximate surface area is 99.1 Å². The number of hydrogen-bond donors (Lipinski definition) is 1. The van der Waals surface area contributed by atoms with Gasteiger partial charge in [0, 0.05) is 7.11 Å². The van der Waals surface area contributed by atoms with Gasteiger partial charge < -0.3 is 23.7 Å². The van der Waals surface area contributed by atoms with Gasteiger partial charge in [0.05, 0.1) is 26.9 Å². The maximum atomic E-state index is 11.1. The molecule has 0 bridgehead atoms. The summed E-state index contributed by atoms with van der Waals surface area (Å²) in [6, 6.07) is 2.95. The third kappa shape index (κ3) is 4.18. The van der Waals surface area contributed by atoms with E-state index in [2.05, 4.69) is 4.74 Å². The van der Waals surface area contributed by atoms with E-state index >= 15 is 0 Å². The molecule has 6 heteroatoms. The normalized spacial score (nSPS) is 12.4. The van der Waals surface area contributed by atoms with Crippen LogP contribution < -0.4 is 0 Å². The zero-order chi connectivity index (χ0) is 12.7. The van der Waals surface area contributed by atoms with Gasteiger partial charge in [-0.05, 0) is 12.1 Å². The van der Waals surface area contributed by atoms with Gasteiger partial charge in [-0.2, -0.15) is 0 Å². The molecule has 0 saturated carbocycles. The standard InChI is InChI=1S/C11H16O6/c1-14-5-6-16-7-8(12)9-3-4-10(17-9)11(13)15-2/h3-4,8,12H,5-7H2,1-2H3. The van der Waals surface area contributed by atoms with Gasteiger partial charge in [0.25, 0.3) is 0 Å². The van der Waals surface area contributed by atoms with E-state index in [9.17, 15) is 9.90 Å². The molecule has 0 amide bonds. The van der Waals surface area contributed by atoms with Gasteiger partial charge in [-0.1, -0.05) is 0 Å². The molecule has 0 fully saturated rings. The molecule has 0 aliphatic heterocycles. The lowest BCUT2D eigenvalue weighted by atomic mass is 10.3. The molecule has 17 heavy (non-hydrogen) atoms. The van der Waals surface area contributed by atoms with Crippen molar-refractivity contribution in [2.45, 2.75) is 6.10 Å². The molecule has 1 aromatic heterocycles. The summed E-state index contributed by atoms with van der Waals surface area (Å²) >= 11 is 0. The van der Waals surface area contributed by atoms with Crippen LogP contribution in [0, 0.1) is 0 Å². The van der Waals surface area contributed by atoms with E-state index in [0.717, 1.165) is 0 Å². The van der Waals surface area contributed by atoms with Crippen LogP contribution in [0.3, 0.4) is 0 Å². The van der Waals surface area contributed by atoms with Crippen LogP contribution in [0.4, 0.5) is 0 Å². The van der Waals surface area contributed by atoms with Crippen molar-refractivity contribution in [1.29, 1.82) is 0 Å². The van der Waals surface area contributed by atoms with E-state index in [0.29, 0.717) is 13.2 Å². The zero-order valence-electron chi connectivity index (χ0n) is 9.84. The molecule has 0 aromatic carbocycles. The number of carbonyl (C=O) groups excluding carboxylic acids is 1. The molecule has 1 N–H and O–H groups in total. The summed E-state index contributed by atoms with van der Waals surface area (Å²) in [5.41, 5.74) is 0. The topological polar surface area (TPSA) is 78.1 Å². The largest absolute Gasteiger partial charge is 0.463 e. The summed E-state index contributed by atoms with van der Waals surface area (Å²) in [4.78, 5) is 11.1. The van der Waals surface area contributed by atoms with Gasteiger partial charge in [-0.15, -0.1) is 0 Å². The van der Waals surface area contributed by atoms with Crippen molar-refractivity contribution in [2.24, 2.45) is 0 Å². The zero-order valence-corrected chi connectivity index (χ0v) is 9.84. The molecule has 1 unspecified atom stereocenters. The van der Waals surface area contributed by atoms with Gasteiger partial charge in [-0.3, -0.25) is 0 Å². The molecule has 0 aliphatic rings. The number of furan rings is 1. The van der Waals surface area contributed by atoms with Crippen molar-refractivity contribution < 1.29 is 28.5 Å². The first-order chi connectivity index (χ1) is 8.19. The predicted molar refractivity (Wildman–Crippen MR) is 57.7 cm³/mol. The Bertz CT molecular complexity index is 345. The first kappa shape index (κ1) is 13.7.